The number of nitro groups is 1. The van der Waals surface area contributed by atoms with Crippen LogP contribution in [-0.4, -0.2) is 37.1 Å². The molecule has 1 fully saturated rings. The first-order chi connectivity index (χ1) is 15.6. The van der Waals surface area contributed by atoms with Gasteiger partial charge in [0.25, 0.3) is 11.6 Å². The molecule has 1 heterocycles. The van der Waals surface area contributed by atoms with E-state index in [0.29, 0.717) is 38.5 Å². The molecule has 32 heavy (non-hydrogen) atoms. The number of hydrogen-bond acceptors (Lipinski definition) is 6. The number of benzene rings is 3. The van der Waals surface area contributed by atoms with E-state index in [2.05, 4.69) is 5.43 Å². The van der Waals surface area contributed by atoms with Gasteiger partial charge in [0, 0.05) is 25.2 Å². The van der Waals surface area contributed by atoms with Crippen molar-refractivity contribution in [2.24, 2.45) is 0 Å². The molecule has 8 nitrogen and oxygen atoms in total. The molecule has 164 valence electrons. The third kappa shape index (κ3) is 5.04. The van der Waals surface area contributed by atoms with Crippen LogP contribution in [0.1, 0.15) is 15.9 Å². The molecule has 0 bridgehead atoms. The fraction of sp³-hybridized carbons (Fsp3) is 0.208. The number of anilines is 2. The summed E-state index contributed by atoms with van der Waals surface area (Å²) in [7, 11) is 0. The lowest BCUT2D eigenvalue weighted by atomic mass is 10.1. The van der Waals surface area contributed by atoms with Gasteiger partial charge in [-0.3, -0.25) is 25.3 Å². The molecule has 8 heteroatoms. The summed E-state index contributed by atoms with van der Waals surface area (Å²) in [6, 6.07) is 23.7. The smallest absolute Gasteiger partial charge is 0.272 e. The molecule has 3 aromatic carbocycles. The molecule has 0 aliphatic carbocycles. The first kappa shape index (κ1) is 21.3. The van der Waals surface area contributed by atoms with Gasteiger partial charge in [-0.1, -0.05) is 48.5 Å². The van der Waals surface area contributed by atoms with Crippen molar-refractivity contribution in [3.05, 3.63) is 100 Å². The van der Waals surface area contributed by atoms with Crippen molar-refractivity contribution in [3.63, 3.8) is 0 Å². The van der Waals surface area contributed by atoms with Gasteiger partial charge in [-0.2, -0.15) is 0 Å². The van der Waals surface area contributed by atoms with Gasteiger partial charge in [0.05, 0.1) is 41.6 Å². The SMILES string of the molecule is O=C(NN(Cc1ccccc1)c1ccccc1)c1cc([N+](=O)[O-])ccc1N1CCOCC1. The number of nitro benzene ring substituents is 1. The van der Waals surface area contributed by atoms with Crippen molar-refractivity contribution in [2.75, 3.05) is 36.2 Å². The molecule has 0 spiro atoms. The van der Waals surface area contributed by atoms with Crippen LogP contribution in [0.2, 0.25) is 0 Å². The zero-order valence-electron chi connectivity index (χ0n) is 17.5. The first-order valence-corrected chi connectivity index (χ1v) is 10.4. The molecule has 1 aliphatic heterocycles. The Hall–Kier alpha value is -3.91. The quantitative estimate of drug-likeness (QED) is 0.452. The molecule has 1 amide bonds. The number of ether oxygens (including phenoxy) is 1. The van der Waals surface area contributed by atoms with Crippen molar-refractivity contribution < 1.29 is 14.5 Å². The maximum Gasteiger partial charge on any atom is 0.272 e. The minimum atomic E-state index is -0.487. The Balaban J connectivity index is 1.66. The Kier molecular flexibility index (Phi) is 6.62. The van der Waals surface area contributed by atoms with Crippen molar-refractivity contribution in [3.8, 4) is 0 Å². The van der Waals surface area contributed by atoms with Crippen molar-refractivity contribution in [1.82, 2.24) is 5.43 Å². The lowest BCUT2D eigenvalue weighted by Crippen LogP contribution is -2.43. The average Bonchev–Trinajstić information content (AvgIpc) is 2.85. The van der Waals surface area contributed by atoms with Crippen molar-refractivity contribution in [1.29, 1.82) is 0 Å². The maximum atomic E-state index is 13.4. The highest BCUT2D eigenvalue weighted by Crippen LogP contribution is 2.27. The fourth-order valence-corrected chi connectivity index (χ4v) is 3.65. The maximum absolute atomic E-state index is 13.4. The number of amides is 1. The Morgan fingerprint density at radius 3 is 2.31 bits per heavy atom. The summed E-state index contributed by atoms with van der Waals surface area (Å²) in [5, 5.41) is 13.1. The molecule has 0 saturated carbocycles. The topological polar surface area (TPSA) is 88.0 Å². The highest BCUT2D eigenvalue weighted by atomic mass is 16.6. The monoisotopic (exact) mass is 432 g/mol. The number of rotatable bonds is 7. The number of para-hydroxylation sites is 1. The van der Waals surface area contributed by atoms with Crippen LogP contribution in [0.25, 0.3) is 0 Å². The van der Waals surface area contributed by atoms with Crippen molar-refractivity contribution in [2.45, 2.75) is 6.54 Å². The molecular formula is C24H24N4O4. The Labute approximate surface area is 186 Å². The highest BCUT2D eigenvalue weighted by Gasteiger charge is 2.23. The Morgan fingerprint density at radius 1 is 1.00 bits per heavy atom. The fourth-order valence-electron chi connectivity index (χ4n) is 3.65. The second-order valence-corrected chi connectivity index (χ2v) is 7.41. The van der Waals surface area contributed by atoms with E-state index in [1.54, 1.807) is 11.1 Å². The molecule has 3 aromatic rings. The van der Waals surface area contributed by atoms with Gasteiger partial charge in [0.15, 0.2) is 0 Å². The number of morpholine rings is 1. The Morgan fingerprint density at radius 2 is 1.66 bits per heavy atom. The summed E-state index contributed by atoms with van der Waals surface area (Å²) in [4.78, 5) is 26.3. The molecular weight excluding hydrogens is 408 g/mol. The van der Waals surface area contributed by atoms with E-state index in [0.717, 1.165) is 11.3 Å². The molecule has 1 aliphatic rings. The number of nitrogens with one attached hydrogen (secondary N) is 1. The zero-order chi connectivity index (χ0) is 22.3. The number of non-ortho nitro benzene ring substituents is 1. The van der Waals surface area contributed by atoms with Crippen LogP contribution in [0, 0.1) is 10.1 Å². The molecule has 0 atom stereocenters. The van der Waals surface area contributed by atoms with E-state index in [1.165, 1.54) is 12.1 Å². The minimum Gasteiger partial charge on any atom is -0.378 e. The van der Waals surface area contributed by atoms with E-state index in [9.17, 15) is 14.9 Å². The molecule has 1 N–H and O–H groups in total. The van der Waals surface area contributed by atoms with Crippen molar-refractivity contribution >= 4 is 23.0 Å². The zero-order valence-corrected chi connectivity index (χ0v) is 17.5. The normalized spacial score (nSPS) is 13.4. The van der Waals surface area contributed by atoms with Gasteiger partial charge in [-0.15, -0.1) is 0 Å². The summed E-state index contributed by atoms with van der Waals surface area (Å²) in [5.74, 6) is -0.407. The molecule has 4 rings (SSSR count). The molecule has 0 aromatic heterocycles. The molecule has 1 saturated heterocycles. The molecule has 0 unspecified atom stereocenters. The third-order valence-corrected chi connectivity index (χ3v) is 5.28. The van der Waals surface area contributed by atoms with Crippen LogP contribution >= 0.6 is 0 Å². The molecule has 0 radical (unpaired) electrons. The van der Waals surface area contributed by atoms with Crippen LogP contribution < -0.4 is 15.3 Å². The number of carbonyl (C=O) groups is 1. The van der Waals surface area contributed by atoms with Gasteiger partial charge in [0.2, 0.25) is 0 Å². The van der Waals surface area contributed by atoms with Gasteiger partial charge in [0.1, 0.15) is 0 Å². The van der Waals surface area contributed by atoms with Crippen LogP contribution in [-0.2, 0) is 11.3 Å². The summed E-state index contributed by atoms with van der Waals surface area (Å²) in [6.45, 7) is 2.76. The van der Waals surface area contributed by atoms with E-state index in [4.69, 9.17) is 4.74 Å². The summed E-state index contributed by atoms with van der Waals surface area (Å²) >= 11 is 0. The van der Waals surface area contributed by atoms with Gasteiger partial charge >= 0.3 is 0 Å². The summed E-state index contributed by atoms with van der Waals surface area (Å²) in [6.07, 6.45) is 0. The minimum absolute atomic E-state index is 0.124. The van der Waals surface area contributed by atoms with E-state index >= 15 is 0 Å². The van der Waals surface area contributed by atoms with E-state index in [1.807, 2.05) is 65.6 Å². The van der Waals surface area contributed by atoms with Gasteiger partial charge in [-0.05, 0) is 23.8 Å². The predicted octanol–water partition coefficient (Wildman–Crippen LogP) is 3.78. The number of hydrazine groups is 1. The van der Waals surface area contributed by atoms with E-state index < -0.39 is 10.8 Å². The van der Waals surface area contributed by atoms with E-state index in [-0.39, 0.29) is 11.3 Å². The largest absolute Gasteiger partial charge is 0.378 e. The number of carbonyl (C=O) groups excluding carboxylic acids is 1. The highest BCUT2D eigenvalue weighted by molar-refractivity contribution is 6.01. The Bertz CT molecular complexity index is 1070. The summed E-state index contributed by atoms with van der Waals surface area (Å²) in [5.41, 5.74) is 5.58. The number of nitrogens with zero attached hydrogens (tertiary/aromatic N) is 3. The lowest BCUT2D eigenvalue weighted by molar-refractivity contribution is -0.384. The third-order valence-electron chi connectivity index (χ3n) is 5.28. The second-order valence-electron chi connectivity index (χ2n) is 7.41. The average molecular weight is 432 g/mol. The van der Waals surface area contributed by atoms with Crippen LogP contribution in [0.15, 0.2) is 78.9 Å². The standard InChI is InChI=1S/C24H24N4O4/c29-24(22-17-21(28(30)31)11-12-23(22)26-13-15-32-16-14-26)25-27(20-9-5-2-6-10-20)18-19-7-3-1-4-8-19/h1-12,17H,13-16,18H2,(H,25,29). The number of hydrogen-bond donors (Lipinski definition) is 1. The van der Waals surface area contributed by atoms with Crippen LogP contribution in [0.3, 0.4) is 0 Å². The first-order valence-electron chi connectivity index (χ1n) is 10.4. The summed E-state index contributed by atoms with van der Waals surface area (Å²) < 4.78 is 5.41. The van der Waals surface area contributed by atoms with Gasteiger partial charge < -0.3 is 9.64 Å². The van der Waals surface area contributed by atoms with Gasteiger partial charge in [-0.25, -0.2) is 0 Å². The second kappa shape index (κ2) is 9.93. The van der Waals surface area contributed by atoms with Crippen LogP contribution in [0.5, 0.6) is 0 Å². The predicted molar refractivity (Wildman–Crippen MR) is 123 cm³/mol. The lowest BCUT2D eigenvalue weighted by Gasteiger charge is -2.31. The van der Waals surface area contributed by atoms with Crippen LogP contribution in [0.4, 0.5) is 17.1 Å².